The van der Waals surface area contributed by atoms with Gasteiger partial charge in [0.25, 0.3) is 5.91 Å². The average molecular weight is 393 g/mol. The average Bonchev–Trinajstić information content (AvgIpc) is 3.29. The van der Waals surface area contributed by atoms with Crippen LogP contribution >= 0.6 is 11.3 Å². The molecule has 9 heteroatoms. The van der Waals surface area contributed by atoms with Crippen LogP contribution < -0.4 is 9.62 Å². The van der Waals surface area contributed by atoms with Crippen molar-refractivity contribution >= 4 is 32.4 Å². The van der Waals surface area contributed by atoms with Crippen molar-refractivity contribution in [1.82, 2.24) is 14.6 Å². The molecule has 1 saturated heterocycles. The van der Waals surface area contributed by atoms with E-state index in [0.717, 1.165) is 31.1 Å². The Morgan fingerprint density at radius 1 is 1.12 bits per heavy atom. The van der Waals surface area contributed by atoms with Gasteiger partial charge in [0.15, 0.2) is 5.13 Å². The maximum absolute atomic E-state index is 12.7. The molecule has 0 bridgehead atoms. The summed E-state index contributed by atoms with van der Waals surface area (Å²) in [6.45, 7) is 2.75. The van der Waals surface area contributed by atoms with E-state index < -0.39 is 10.0 Å². The van der Waals surface area contributed by atoms with E-state index >= 15 is 0 Å². The van der Waals surface area contributed by atoms with Crippen LogP contribution in [0.4, 0.5) is 5.13 Å². The fraction of sp³-hybridized carbons (Fsp3) is 0.412. The van der Waals surface area contributed by atoms with Crippen molar-refractivity contribution < 1.29 is 13.2 Å². The Balaban J connectivity index is 1.39. The zero-order valence-corrected chi connectivity index (χ0v) is 15.8. The van der Waals surface area contributed by atoms with Gasteiger partial charge in [-0.15, -0.1) is 11.3 Å². The molecule has 1 aromatic heterocycles. The van der Waals surface area contributed by atoms with Gasteiger partial charge in [-0.1, -0.05) is 0 Å². The van der Waals surface area contributed by atoms with Crippen molar-refractivity contribution in [3.8, 4) is 0 Å². The number of carbonyl (C=O) groups excluding carboxylic acids is 1. The van der Waals surface area contributed by atoms with E-state index in [1.54, 1.807) is 34.6 Å². The normalized spacial score (nSPS) is 18.2. The standard InChI is InChI=1S/C17H20N4O3S2/c22-16(20-8-10-21(11-9-20)17-18-7-12-25-17)13-1-5-15(6-2-13)26(23,24)19-14-3-4-14/h1-2,5-7,12,14,19H,3-4,8-11H2. The Labute approximate surface area is 156 Å². The minimum Gasteiger partial charge on any atom is -0.345 e. The van der Waals surface area contributed by atoms with Crippen molar-refractivity contribution in [2.75, 3.05) is 31.1 Å². The first-order valence-corrected chi connectivity index (χ1v) is 11.0. The van der Waals surface area contributed by atoms with Gasteiger partial charge in [-0.3, -0.25) is 4.79 Å². The molecule has 0 atom stereocenters. The van der Waals surface area contributed by atoms with E-state index in [1.807, 2.05) is 5.38 Å². The summed E-state index contributed by atoms with van der Waals surface area (Å²) in [5.74, 6) is -0.0668. The first-order chi connectivity index (χ1) is 12.5. The molecule has 4 rings (SSSR count). The van der Waals surface area contributed by atoms with Crippen LogP contribution in [0.3, 0.4) is 0 Å². The fourth-order valence-corrected chi connectivity index (χ4v) is 4.92. The Hall–Kier alpha value is -1.97. The number of benzene rings is 1. The minimum absolute atomic E-state index is 0.0652. The fourth-order valence-electron chi connectivity index (χ4n) is 2.92. The maximum Gasteiger partial charge on any atom is 0.253 e. The summed E-state index contributed by atoms with van der Waals surface area (Å²) < 4.78 is 27.0. The number of anilines is 1. The van der Waals surface area contributed by atoms with E-state index in [4.69, 9.17) is 0 Å². The number of hydrogen-bond donors (Lipinski definition) is 1. The molecule has 1 amide bonds. The van der Waals surface area contributed by atoms with Crippen LogP contribution in [0.25, 0.3) is 0 Å². The monoisotopic (exact) mass is 392 g/mol. The summed E-state index contributed by atoms with van der Waals surface area (Å²) in [7, 11) is -3.48. The van der Waals surface area contributed by atoms with Gasteiger partial charge >= 0.3 is 0 Å². The second-order valence-corrected chi connectivity index (χ2v) is 9.10. The van der Waals surface area contributed by atoms with Gasteiger partial charge in [-0.25, -0.2) is 18.1 Å². The van der Waals surface area contributed by atoms with Crippen LogP contribution in [0.1, 0.15) is 23.2 Å². The predicted octanol–water partition coefficient (Wildman–Crippen LogP) is 1.55. The van der Waals surface area contributed by atoms with E-state index in [2.05, 4.69) is 14.6 Å². The number of carbonyl (C=O) groups is 1. The smallest absolute Gasteiger partial charge is 0.253 e. The van der Waals surface area contributed by atoms with Gasteiger partial charge < -0.3 is 9.80 Å². The number of nitrogens with one attached hydrogen (secondary N) is 1. The third kappa shape index (κ3) is 3.74. The van der Waals surface area contributed by atoms with Gasteiger partial charge in [-0.05, 0) is 37.1 Å². The van der Waals surface area contributed by atoms with Crippen molar-refractivity contribution in [3.63, 3.8) is 0 Å². The van der Waals surface area contributed by atoms with Gasteiger partial charge in [0, 0.05) is 49.4 Å². The van der Waals surface area contributed by atoms with E-state index in [9.17, 15) is 13.2 Å². The molecule has 1 aromatic carbocycles. The second-order valence-electron chi connectivity index (χ2n) is 6.51. The highest BCUT2D eigenvalue weighted by Gasteiger charge is 2.28. The molecule has 0 radical (unpaired) electrons. The molecule has 138 valence electrons. The zero-order valence-electron chi connectivity index (χ0n) is 14.2. The third-order valence-electron chi connectivity index (χ3n) is 4.57. The van der Waals surface area contributed by atoms with Crippen LogP contribution in [0.15, 0.2) is 40.7 Å². The van der Waals surface area contributed by atoms with Gasteiger partial charge in [-0.2, -0.15) is 0 Å². The molecule has 1 aliphatic carbocycles. The number of piperazine rings is 1. The highest BCUT2D eigenvalue weighted by molar-refractivity contribution is 7.89. The molecule has 1 saturated carbocycles. The second kappa shape index (κ2) is 6.98. The first-order valence-electron chi connectivity index (χ1n) is 8.59. The molecule has 7 nitrogen and oxygen atoms in total. The zero-order chi connectivity index (χ0) is 18.1. The highest BCUT2D eigenvalue weighted by atomic mass is 32.2. The lowest BCUT2D eigenvalue weighted by Gasteiger charge is -2.34. The molecule has 1 aliphatic heterocycles. The van der Waals surface area contributed by atoms with Crippen LogP contribution in [0.2, 0.25) is 0 Å². The van der Waals surface area contributed by atoms with Crippen LogP contribution in [0.5, 0.6) is 0 Å². The molecule has 2 fully saturated rings. The maximum atomic E-state index is 12.7. The topological polar surface area (TPSA) is 82.6 Å². The SMILES string of the molecule is O=C(c1ccc(S(=O)(=O)NC2CC2)cc1)N1CCN(c2nccs2)CC1. The molecule has 2 aliphatic rings. The Kier molecular flexibility index (Phi) is 4.68. The third-order valence-corrected chi connectivity index (χ3v) is 6.94. The van der Waals surface area contributed by atoms with Gasteiger partial charge in [0.05, 0.1) is 4.90 Å². The van der Waals surface area contributed by atoms with Crippen molar-refractivity contribution in [3.05, 3.63) is 41.4 Å². The van der Waals surface area contributed by atoms with E-state index in [1.165, 1.54) is 12.1 Å². The molecule has 1 N–H and O–H groups in total. The summed E-state index contributed by atoms with van der Waals surface area (Å²) in [5, 5.41) is 2.93. The number of thiazole rings is 1. The summed E-state index contributed by atoms with van der Waals surface area (Å²) in [5.41, 5.74) is 0.512. The molecule has 2 heterocycles. The van der Waals surface area contributed by atoms with Crippen LogP contribution in [0, 0.1) is 0 Å². The van der Waals surface area contributed by atoms with Crippen molar-refractivity contribution in [2.24, 2.45) is 0 Å². The first kappa shape index (κ1) is 17.4. The number of amides is 1. The number of hydrogen-bond acceptors (Lipinski definition) is 6. The van der Waals surface area contributed by atoms with Crippen LogP contribution in [-0.2, 0) is 10.0 Å². The van der Waals surface area contributed by atoms with E-state index in [-0.39, 0.29) is 16.8 Å². The van der Waals surface area contributed by atoms with Gasteiger partial charge in [0.1, 0.15) is 0 Å². The number of nitrogens with zero attached hydrogens (tertiary/aromatic N) is 3. The highest BCUT2D eigenvalue weighted by Crippen LogP contribution is 2.23. The summed E-state index contributed by atoms with van der Waals surface area (Å²) in [6.07, 6.45) is 3.57. The van der Waals surface area contributed by atoms with E-state index in [0.29, 0.717) is 18.7 Å². The van der Waals surface area contributed by atoms with Crippen molar-refractivity contribution in [1.29, 1.82) is 0 Å². The molecule has 2 aromatic rings. The van der Waals surface area contributed by atoms with Crippen LogP contribution in [-0.4, -0.2) is 56.4 Å². The molecule has 26 heavy (non-hydrogen) atoms. The minimum atomic E-state index is -3.48. The Bertz CT molecular complexity index is 869. The summed E-state index contributed by atoms with van der Waals surface area (Å²) >= 11 is 1.60. The predicted molar refractivity (Wildman–Crippen MR) is 100 cm³/mol. The van der Waals surface area contributed by atoms with Gasteiger partial charge in [0.2, 0.25) is 10.0 Å². The number of sulfonamides is 1. The Morgan fingerprint density at radius 3 is 2.38 bits per heavy atom. The quantitative estimate of drug-likeness (QED) is 0.835. The Morgan fingerprint density at radius 2 is 1.81 bits per heavy atom. The lowest BCUT2D eigenvalue weighted by atomic mass is 10.2. The number of rotatable bonds is 5. The summed E-state index contributed by atoms with van der Waals surface area (Å²) in [6, 6.07) is 6.26. The molecular weight excluding hydrogens is 372 g/mol. The summed E-state index contributed by atoms with van der Waals surface area (Å²) in [4.78, 5) is 21.2. The number of aromatic nitrogens is 1. The lowest BCUT2D eigenvalue weighted by Crippen LogP contribution is -2.48. The van der Waals surface area contributed by atoms with Crippen molar-refractivity contribution in [2.45, 2.75) is 23.8 Å². The molecule has 0 spiro atoms. The lowest BCUT2D eigenvalue weighted by molar-refractivity contribution is 0.0746. The molecular formula is C17H20N4O3S2. The largest absolute Gasteiger partial charge is 0.345 e. The molecule has 0 unspecified atom stereocenters.